The standard InChI is InChI=1S/C15H19N3O/c1-10-5-6-18-8-11(16-13(18)7-10)14-17-12(9-19-14)15(2,3)4/h5-8,12H,9H2,1-4H3. The van der Waals surface area contributed by atoms with Gasteiger partial charge in [0.05, 0.1) is 6.04 Å². The van der Waals surface area contributed by atoms with Gasteiger partial charge < -0.3 is 9.14 Å². The third-order valence-corrected chi connectivity index (χ3v) is 3.49. The second kappa shape index (κ2) is 4.08. The maximum Gasteiger partial charge on any atom is 0.237 e. The van der Waals surface area contributed by atoms with Gasteiger partial charge in [-0.3, -0.25) is 0 Å². The molecule has 0 saturated heterocycles. The number of pyridine rings is 1. The van der Waals surface area contributed by atoms with Gasteiger partial charge in [-0.15, -0.1) is 0 Å². The number of fused-ring (bicyclic) bond motifs is 1. The second-order valence-corrected chi connectivity index (χ2v) is 6.22. The van der Waals surface area contributed by atoms with Crippen LogP contribution < -0.4 is 0 Å². The molecule has 0 bridgehead atoms. The van der Waals surface area contributed by atoms with Crippen LogP contribution in [-0.2, 0) is 4.74 Å². The van der Waals surface area contributed by atoms with Crippen LogP contribution in [0.2, 0.25) is 0 Å². The predicted molar refractivity (Wildman–Crippen MR) is 75.7 cm³/mol. The van der Waals surface area contributed by atoms with E-state index < -0.39 is 0 Å². The van der Waals surface area contributed by atoms with Crippen molar-refractivity contribution in [3.05, 3.63) is 35.8 Å². The summed E-state index contributed by atoms with van der Waals surface area (Å²) in [5.74, 6) is 0.668. The summed E-state index contributed by atoms with van der Waals surface area (Å²) in [6.07, 6.45) is 3.98. The number of imidazole rings is 1. The van der Waals surface area contributed by atoms with E-state index in [4.69, 9.17) is 4.74 Å². The van der Waals surface area contributed by atoms with Gasteiger partial charge in [0.1, 0.15) is 17.9 Å². The Kier molecular flexibility index (Phi) is 2.62. The maximum atomic E-state index is 5.71. The van der Waals surface area contributed by atoms with Crippen molar-refractivity contribution in [1.82, 2.24) is 9.38 Å². The van der Waals surface area contributed by atoms with Crippen molar-refractivity contribution >= 4 is 11.5 Å². The van der Waals surface area contributed by atoms with E-state index in [0.29, 0.717) is 12.5 Å². The van der Waals surface area contributed by atoms with Gasteiger partial charge in [0, 0.05) is 12.4 Å². The molecule has 2 aromatic heterocycles. The van der Waals surface area contributed by atoms with E-state index in [0.717, 1.165) is 11.3 Å². The van der Waals surface area contributed by atoms with Crippen molar-refractivity contribution in [2.75, 3.05) is 6.61 Å². The number of aliphatic imine (C=N–C) groups is 1. The Hall–Kier alpha value is -1.84. The summed E-state index contributed by atoms with van der Waals surface area (Å²) in [5, 5.41) is 0. The van der Waals surface area contributed by atoms with Crippen molar-refractivity contribution in [2.24, 2.45) is 10.4 Å². The highest BCUT2D eigenvalue weighted by molar-refractivity contribution is 5.93. The Morgan fingerprint density at radius 2 is 2.16 bits per heavy atom. The van der Waals surface area contributed by atoms with Crippen LogP contribution in [0.3, 0.4) is 0 Å². The van der Waals surface area contributed by atoms with Crippen LogP contribution in [0.1, 0.15) is 32.0 Å². The highest BCUT2D eigenvalue weighted by Gasteiger charge is 2.31. The smallest absolute Gasteiger partial charge is 0.237 e. The number of hydrogen-bond donors (Lipinski definition) is 0. The Labute approximate surface area is 113 Å². The fourth-order valence-corrected chi connectivity index (χ4v) is 2.14. The first-order chi connectivity index (χ1) is 8.93. The Morgan fingerprint density at radius 1 is 1.37 bits per heavy atom. The van der Waals surface area contributed by atoms with Gasteiger partial charge >= 0.3 is 0 Å². The van der Waals surface area contributed by atoms with E-state index in [1.165, 1.54) is 5.56 Å². The maximum absolute atomic E-state index is 5.71. The molecule has 0 aliphatic carbocycles. The molecule has 1 aliphatic heterocycles. The number of rotatable bonds is 1. The van der Waals surface area contributed by atoms with Gasteiger partial charge in [-0.25, -0.2) is 9.98 Å². The van der Waals surface area contributed by atoms with Crippen LogP contribution in [0.4, 0.5) is 0 Å². The fourth-order valence-electron chi connectivity index (χ4n) is 2.14. The highest BCUT2D eigenvalue weighted by Crippen LogP contribution is 2.27. The monoisotopic (exact) mass is 257 g/mol. The van der Waals surface area contributed by atoms with Crippen molar-refractivity contribution in [3.8, 4) is 0 Å². The molecule has 0 saturated carbocycles. The lowest BCUT2D eigenvalue weighted by Gasteiger charge is -2.21. The molecule has 2 aromatic rings. The van der Waals surface area contributed by atoms with Gasteiger partial charge in [-0.1, -0.05) is 20.8 Å². The molecule has 0 spiro atoms. The van der Waals surface area contributed by atoms with E-state index in [2.05, 4.69) is 49.8 Å². The van der Waals surface area contributed by atoms with Crippen molar-refractivity contribution in [2.45, 2.75) is 33.7 Å². The first kappa shape index (κ1) is 12.2. The predicted octanol–water partition coefficient (Wildman–Crippen LogP) is 2.83. The minimum Gasteiger partial charge on any atom is -0.474 e. The van der Waals surface area contributed by atoms with Crippen molar-refractivity contribution < 1.29 is 4.74 Å². The first-order valence-electron chi connectivity index (χ1n) is 6.60. The topological polar surface area (TPSA) is 38.9 Å². The molecule has 0 aromatic carbocycles. The Balaban J connectivity index is 1.97. The lowest BCUT2D eigenvalue weighted by atomic mass is 9.88. The average molecular weight is 257 g/mol. The molecule has 3 rings (SSSR count). The lowest BCUT2D eigenvalue weighted by Crippen LogP contribution is -2.25. The Morgan fingerprint density at radius 3 is 2.84 bits per heavy atom. The molecule has 19 heavy (non-hydrogen) atoms. The summed E-state index contributed by atoms with van der Waals surface area (Å²) >= 11 is 0. The number of nitrogens with zero attached hydrogens (tertiary/aromatic N) is 3. The molecule has 4 heteroatoms. The van der Waals surface area contributed by atoms with Gasteiger partial charge in [-0.05, 0) is 30.0 Å². The summed E-state index contributed by atoms with van der Waals surface area (Å²) < 4.78 is 7.71. The minimum absolute atomic E-state index is 0.123. The lowest BCUT2D eigenvalue weighted by molar-refractivity contribution is 0.235. The van der Waals surface area contributed by atoms with E-state index in [-0.39, 0.29) is 11.5 Å². The van der Waals surface area contributed by atoms with E-state index >= 15 is 0 Å². The van der Waals surface area contributed by atoms with E-state index in [9.17, 15) is 0 Å². The molecule has 0 N–H and O–H groups in total. The van der Waals surface area contributed by atoms with Crippen molar-refractivity contribution in [1.29, 1.82) is 0 Å². The van der Waals surface area contributed by atoms with Crippen molar-refractivity contribution in [3.63, 3.8) is 0 Å². The highest BCUT2D eigenvalue weighted by atomic mass is 16.5. The van der Waals surface area contributed by atoms with Crippen LogP contribution in [0.5, 0.6) is 0 Å². The molecule has 100 valence electrons. The number of aromatic nitrogens is 2. The minimum atomic E-state index is 0.123. The normalized spacial score (nSPS) is 19.6. The summed E-state index contributed by atoms with van der Waals surface area (Å²) in [6.45, 7) is 9.25. The molecule has 1 aliphatic rings. The Bertz CT molecular complexity index is 649. The molecule has 1 unspecified atom stereocenters. The first-order valence-corrected chi connectivity index (χ1v) is 6.60. The number of ether oxygens (including phenoxy) is 1. The zero-order chi connectivity index (χ0) is 13.6. The van der Waals surface area contributed by atoms with Crippen LogP contribution in [0.25, 0.3) is 5.65 Å². The van der Waals surface area contributed by atoms with Gasteiger partial charge in [0.25, 0.3) is 0 Å². The van der Waals surface area contributed by atoms with Crippen LogP contribution in [-0.4, -0.2) is 27.9 Å². The quantitative estimate of drug-likeness (QED) is 0.788. The van der Waals surface area contributed by atoms with E-state index in [1.54, 1.807) is 0 Å². The average Bonchev–Trinajstić information content (AvgIpc) is 2.92. The SMILES string of the molecule is Cc1ccn2cc(C3=NC(C(C)(C)C)CO3)nc2c1. The van der Waals surface area contributed by atoms with Gasteiger partial charge in [0.2, 0.25) is 5.90 Å². The zero-order valence-corrected chi connectivity index (χ0v) is 11.8. The summed E-state index contributed by atoms with van der Waals surface area (Å²) in [7, 11) is 0. The number of aryl methyl sites for hydroxylation is 1. The van der Waals surface area contributed by atoms with Gasteiger partial charge in [-0.2, -0.15) is 0 Å². The van der Waals surface area contributed by atoms with Gasteiger partial charge in [0.15, 0.2) is 0 Å². The third-order valence-electron chi connectivity index (χ3n) is 3.49. The molecule has 0 fully saturated rings. The largest absolute Gasteiger partial charge is 0.474 e. The molecule has 1 atom stereocenters. The molecule has 0 amide bonds. The summed E-state index contributed by atoms with van der Waals surface area (Å²) in [4.78, 5) is 9.25. The molecule has 3 heterocycles. The van der Waals surface area contributed by atoms with Crippen LogP contribution in [0.15, 0.2) is 29.5 Å². The molecular weight excluding hydrogens is 238 g/mol. The fraction of sp³-hybridized carbons (Fsp3) is 0.467. The zero-order valence-electron chi connectivity index (χ0n) is 11.8. The van der Waals surface area contributed by atoms with Crippen LogP contribution >= 0.6 is 0 Å². The summed E-state index contributed by atoms with van der Waals surface area (Å²) in [6, 6.07) is 4.32. The molecule has 0 radical (unpaired) electrons. The summed E-state index contributed by atoms with van der Waals surface area (Å²) in [5.41, 5.74) is 3.07. The van der Waals surface area contributed by atoms with E-state index in [1.807, 2.05) is 16.8 Å². The molecule has 4 nitrogen and oxygen atoms in total. The van der Waals surface area contributed by atoms with Crippen LogP contribution in [0, 0.1) is 12.3 Å². The third kappa shape index (κ3) is 2.23. The number of hydrogen-bond acceptors (Lipinski definition) is 3. The second-order valence-electron chi connectivity index (χ2n) is 6.22. The molecular formula is C15H19N3O.